The molecule has 1 heterocycles. The molecule has 1 rings (SSSR count). The smallest absolute Gasteiger partial charge is 0.147 e. The van der Waals surface area contributed by atoms with Crippen LogP contribution in [0.15, 0.2) is 24.8 Å². The van der Waals surface area contributed by atoms with Crippen molar-refractivity contribution in [2.45, 2.75) is 32.8 Å². The maximum absolute atomic E-state index is 5.24. The van der Waals surface area contributed by atoms with E-state index in [1.807, 2.05) is 6.92 Å². The molecule has 1 saturated heterocycles. The first kappa shape index (κ1) is 12.4. The molecule has 1 fully saturated rings. The predicted molar refractivity (Wildman–Crippen MR) is 55.6 cm³/mol. The minimum Gasteiger partial charge on any atom is -0.355 e. The van der Waals surface area contributed by atoms with E-state index in [1.165, 1.54) is 0 Å². The zero-order valence-corrected chi connectivity index (χ0v) is 8.93. The number of rotatable bonds is 1. The number of allylic oxidation sites excluding steroid dienone is 2. The monoisotopic (exact) mass is 184 g/mol. The Morgan fingerprint density at radius 2 is 2.00 bits per heavy atom. The van der Waals surface area contributed by atoms with Gasteiger partial charge in [0.25, 0.3) is 0 Å². The second kappa shape index (κ2) is 5.95. The Morgan fingerprint density at radius 3 is 2.15 bits per heavy atom. The highest BCUT2D eigenvalue weighted by atomic mass is 16.7. The van der Waals surface area contributed by atoms with Crippen LogP contribution in [-0.4, -0.2) is 19.0 Å². The fourth-order valence-corrected chi connectivity index (χ4v) is 0.650. The van der Waals surface area contributed by atoms with E-state index in [0.717, 1.165) is 18.6 Å². The summed E-state index contributed by atoms with van der Waals surface area (Å²) in [5.41, 5.74) is 1.07. The van der Waals surface area contributed by atoms with Gasteiger partial charge in [0, 0.05) is 0 Å². The Balaban J connectivity index is 0.000000252. The summed E-state index contributed by atoms with van der Waals surface area (Å²) in [5.74, 6) is 0. The molecule has 1 aliphatic rings. The molecule has 0 radical (unpaired) electrons. The molecule has 0 bridgehead atoms. The van der Waals surface area contributed by atoms with Crippen LogP contribution in [0.5, 0.6) is 0 Å². The fraction of sp³-hybridized carbons (Fsp3) is 0.636. The first-order valence-electron chi connectivity index (χ1n) is 4.47. The minimum absolute atomic E-state index is 0.0538. The molecule has 0 atom stereocenters. The van der Waals surface area contributed by atoms with Crippen molar-refractivity contribution < 1.29 is 9.47 Å². The van der Waals surface area contributed by atoms with Gasteiger partial charge in [-0.05, 0) is 27.2 Å². The van der Waals surface area contributed by atoms with Crippen molar-refractivity contribution in [3.63, 3.8) is 0 Å². The molecule has 13 heavy (non-hydrogen) atoms. The van der Waals surface area contributed by atoms with E-state index < -0.39 is 0 Å². The SMILES string of the molecule is C=CC(=C)C.CC1(C)CCOCO1. The molecule has 76 valence electrons. The standard InChI is InChI=1S/C6H12O2.C5H8/c1-6(2)3-4-7-5-8-6;1-4-5(2)3/h3-5H2,1-2H3;4H,1-2H2,3H3. The average molecular weight is 184 g/mol. The molecular formula is C11H20O2. The van der Waals surface area contributed by atoms with Gasteiger partial charge in [-0.2, -0.15) is 0 Å². The normalized spacial score (nSPS) is 19.6. The lowest BCUT2D eigenvalue weighted by Crippen LogP contribution is -2.32. The minimum atomic E-state index is 0.0538. The van der Waals surface area contributed by atoms with Crippen LogP contribution in [0.25, 0.3) is 0 Å². The highest BCUT2D eigenvalue weighted by Crippen LogP contribution is 2.17. The van der Waals surface area contributed by atoms with Crippen LogP contribution in [-0.2, 0) is 9.47 Å². The lowest BCUT2D eigenvalue weighted by Gasteiger charge is -2.29. The van der Waals surface area contributed by atoms with Crippen LogP contribution >= 0.6 is 0 Å². The largest absolute Gasteiger partial charge is 0.355 e. The van der Waals surface area contributed by atoms with E-state index in [2.05, 4.69) is 27.0 Å². The lowest BCUT2D eigenvalue weighted by molar-refractivity contribution is -0.178. The first-order valence-corrected chi connectivity index (χ1v) is 4.47. The topological polar surface area (TPSA) is 18.5 Å². The van der Waals surface area contributed by atoms with E-state index in [1.54, 1.807) is 6.08 Å². The number of hydrogen-bond donors (Lipinski definition) is 0. The van der Waals surface area contributed by atoms with E-state index in [9.17, 15) is 0 Å². The highest BCUT2D eigenvalue weighted by molar-refractivity contribution is 5.05. The van der Waals surface area contributed by atoms with E-state index in [0.29, 0.717) is 6.79 Å². The average Bonchev–Trinajstić information content (AvgIpc) is 2.05. The molecule has 0 aromatic rings. The second-order valence-corrected chi connectivity index (χ2v) is 3.73. The predicted octanol–water partition coefficient (Wildman–Crippen LogP) is 2.91. The Bertz CT molecular complexity index is 163. The molecular weight excluding hydrogens is 164 g/mol. The van der Waals surface area contributed by atoms with Gasteiger partial charge in [0.05, 0.1) is 12.2 Å². The summed E-state index contributed by atoms with van der Waals surface area (Å²) >= 11 is 0. The number of hydrogen-bond acceptors (Lipinski definition) is 2. The Hall–Kier alpha value is -0.600. The molecule has 1 aliphatic heterocycles. The molecule has 0 spiro atoms. The third-order valence-electron chi connectivity index (χ3n) is 1.73. The van der Waals surface area contributed by atoms with Crippen molar-refractivity contribution >= 4 is 0 Å². The van der Waals surface area contributed by atoms with Crippen LogP contribution < -0.4 is 0 Å². The summed E-state index contributed by atoms with van der Waals surface area (Å²) in [7, 11) is 0. The molecule has 2 nitrogen and oxygen atoms in total. The van der Waals surface area contributed by atoms with Crippen LogP contribution in [0, 0.1) is 0 Å². The lowest BCUT2D eigenvalue weighted by atomic mass is 10.1. The Labute approximate surface area is 81.2 Å². The Morgan fingerprint density at radius 1 is 1.46 bits per heavy atom. The summed E-state index contributed by atoms with van der Waals surface area (Å²) in [4.78, 5) is 0. The van der Waals surface area contributed by atoms with Gasteiger partial charge in [0.1, 0.15) is 6.79 Å². The maximum atomic E-state index is 5.24. The van der Waals surface area contributed by atoms with Crippen molar-refractivity contribution in [2.75, 3.05) is 13.4 Å². The van der Waals surface area contributed by atoms with Gasteiger partial charge < -0.3 is 9.47 Å². The molecule has 0 saturated carbocycles. The second-order valence-electron chi connectivity index (χ2n) is 3.73. The molecule has 0 N–H and O–H groups in total. The Kier molecular flexibility index (Phi) is 5.67. The van der Waals surface area contributed by atoms with Gasteiger partial charge in [-0.1, -0.05) is 24.8 Å². The molecule has 2 heteroatoms. The third kappa shape index (κ3) is 7.75. The van der Waals surface area contributed by atoms with Gasteiger partial charge >= 0.3 is 0 Å². The third-order valence-corrected chi connectivity index (χ3v) is 1.73. The summed E-state index contributed by atoms with van der Waals surface area (Å²) in [5, 5.41) is 0. The summed E-state index contributed by atoms with van der Waals surface area (Å²) in [6.45, 7) is 14.4. The van der Waals surface area contributed by atoms with Gasteiger partial charge in [-0.15, -0.1) is 0 Å². The van der Waals surface area contributed by atoms with Crippen LogP contribution in [0.1, 0.15) is 27.2 Å². The highest BCUT2D eigenvalue weighted by Gasteiger charge is 2.21. The molecule has 0 aromatic carbocycles. The molecule has 0 aromatic heterocycles. The van der Waals surface area contributed by atoms with Crippen LogP contribution in [0.3, 0.4) is 0 Å². The van der Waals surface area contributed by atoms with Crippen molar-refractivity contribution in [1.82, 2.24) is 0 Å². The summed E-state index contributed by atoms with van der Waals surface area (Å²) in [6, 6.07) is 0. The van der Waals surface area contributed by atoms with Gasteiger partial charge in [0.15, 0.2) is 0 Å². The van der Waals surface area contributed by atoms with E-state index in [-0.39, 0.29) is 5.60 Å². The van der Waals surface area contributed by atoms with Crippen molar-refractivity contribution in [1.29, 1.82) is 0 Å². The summed E-state index contributed by atoms with van der Waals surface area (Å²) < 4.78 is 10.2. The van der Waals surface area contributed by atoms with Crippen LogP contribution in [0.4, 0.5) is 0 Å². The van der Waals surface area contributed by atoms with Crippen molar-refractivity contribution in [3.05, 3.63) is 24.8 Å². The van der Waals surface area contributed by atoms with Crippen molar-refractivity contribution in [2.24, 2.45) is 0 Å². The molecule has 0 aliphatic carbocycles. The maximum Gasteiger partial charge on any atom is 0.147 e. The van der Waals surface area contributed by atoms with Gasteiger partial charge in [-0.3, -0.25) is 0 Å². The number of ether oxygens (including phenoxy) is 2. The quantitative estimate of drug-likeness (QED) is 0.583. The van der Waals surface area contributed by atoms with Gasteiger partial charge in [0.2, 0.25) is 0 Å². The van der Waals surface area contributed by atoms with Crippen molar-refractivity contribution in [3.8, 4) is 0 Å². The first-order chi connectivity index (χ1) is 5.98. The zero-order valence-electron chi connectivity index (χ0n) is 8.93. The van der Waals surface area contributed by atoms with E-state index >= 15 is 0 Å². The zero-order chi connectivity index (χ0) is 10.3. The fourth-order valence-electron chi connectivity index (χ4n) is 0.650. The van der Waals surface area contributed by atoms with E-state index in [4.69, 9.17) is 9.47 Å². The molecule has 0 amide bonds. The summed E-state index contributed by atoms with van der Waals surface area (Å²) in [6.07, 6.45) is 2.73. The van der Waals surface area contributed by atoms with Crippen LogP contribution in [0.2, 0.25) is 0 Å². The molecule has 0 unspecified atom stereocenters. The van der Waals surface area contributed by atoms with Gasteiger partial charge in [-0.25, -0.2) is 0 Å².